The van der Waals surface area contributed by atoms with E-state index in [1.54, 1.807) is 12.1 Å². The predicted octanol–water partition coefficient (Wildman–Crippen LogP) is 5.13. The fraction of sp³-hybridized carbons (Fsp3) is 0.227. The van der Waals surface area contributed by atoms with Crippen LogP contribution in [0.5, 0.6) is 0 Å². The Hall–Kier alpha value is -2.70. The maximum Gasteiger partial charge on any atom is 0.140 e. The fourth-order valence-corrected chi connectivity index (χ4v) is 3.16. The lowest BCUT2D eigenvalue weighted by Gasteiger charge is -2.16. The molecular formula is C22H21FN2. The van der Waals surface area contributed by atoms with Crippen molar-refractivity contribution in [1.82, 2.24) is 5.32 Å². The number of hydrogen-bond donors (Lipinski definition) is 1. The molecule has 3 rings (SSSR count). The summed E-state index contributed by atoms with van der Waals surface area (Å²) >= 11 is 0. The number of halogens is 1. The summed E-state index contributed by atoms with van der Waals surface area (Å²) in [7, 11) is 0. The molecule has 0 radical (unpaired) electrons. The third-order valence-corrected chi connectivity index (χ3v) is 4.53. The van der Waals surface area contributed by atoms with Gasteiger partial charge >= 0.3 is 0 Å². The van der Waals surface area contributed by atoms with E-state index in [2.05, 4.69) is 54.7 Å². The van der Waals surface area contributed by atoms with E-state index in [4.69, 9.17) is 5.26 Å². The van der Waals surface area contributed by atoms with Crippen molar-refractivity contribution in [3.63, 3.8) is 0 Å². The Bertz CT molecular complexity index is 906. The number of nitrogens with zero attached hydrogens (tertiary/aromatic N) is 1. The van der Waals surface area contributed by atoms with Crippen molar-refractivity contribution in [2.75, 3.05) is 6.54 Å². The van der Waals surface area contributed by atoms with E-state index in [9.17, 15) is 4.39 Å². The highest BCUT2D eigenvalue weighted by Crippen LogP contribution is 2.24. The molecule has 1 atom stereocenters. The van der Waals surface area contributed by atoms with E-state index in [1.165, 1.54) is 22.4 Å². The Morgan fingerprint density at radius 2 is 1.88 bits per heavy atom. The Morgan fingerprint density at radius 1 is 1.08 bits per heavy atom. The van der Waals surface area contributed by atoms with Crippen molar-refractivity contribution < 1.29 is 4.39 Å². The van der Waals surface area contributed by atoms with Gasteiger partial charge in [0.1, 0.15) is 11.9 Å². The van der Waals surface area contributed by atoms with E-state index in [0.717, 1.165) is 24.9 Å². The number of nitrogens with one attached hydrogen (secondary N) is 1. The van der Waals surface area contributed by atoms with Crippen molar-refractivity contribution in [3.8, 4) is 6.07 Å². The monoisotopic (exact) mass is 332 g/mol. The van der Waals surface area contributed by atoms with Gasteiger partial charge in [0.2, 0.25) is 0 Å². The Morgan fingerprint density at radius 3 is 2.72 bits per heavy atom. The van der Waals surface area contributed by atoms with Gasteiger partial charge in [-0.3, -0.25) is 0 Å². The minimum absolute atomic E-state index is 0.120. The number of rotatable bonds is 6. The van der Waals surface area contributed by atoms with Crippen LogP contribution in [0.1, 0.15) is 36.1 Å². The van der Waals surface area contributed by atoms with Gasteiger partial charge in [-0.1, -0.05) is 48.5 Å². The fourth-order valence-electron chi connectivity index (χ4n) is 3.16. The molecule has 3 heteroatoms. The summed E-state index contributed by atoms with van der Waals surface area (Å²) in [5.74, 6) is -0.450. The van der Waals surface area contributed by atoms with Crippen LogP contribution in [0.4, 0.5) is 4.39 Å². The summed E-state index contributed by atoms with van der Waals surface area (Å²) < 4.78 is 13.3. The van der Waals surface area contributed by atoms with Crippen molar-refractivity contribution in [2.24, 2.45) is 0 Å². The molecule has 1 N–H and O–H groups in total. The number of aryl methyl sites for hydroxylation is 1. The lowest BCUT2D eigenvalue weighted by Crippen LogP contribution is -2.20. The molecule has 0 saturated carbocycles. The van der Waals surface area contributed by atoms with Gasteiger partial charge in [0.05, 0.1) is 5.56 Å². The predicted molar refractivity (Wildman–Crippen MR) is 99.8 cm³/mol. The first kappa shape index (κ1) is 17.1. The zero-order valence-electron chi connectivity index (χ0n) is 14.3. The van der Waals surface area contributed by atoms with E-state index in [-0.39, 0.29) is 11.6 Å². The maximum atomic E-state index is 13.3. The van der Waals surface area contributed by atoms with Gasteiger partial charge < -0.3 is 5.32 Å². The normalized spacial score (nSPS) is 12.0. The van der Waals surface area contributed by atoms with Gasteiger partial charge in [-0.05, 0) is 60.3 Å². The van der Waals surface area contributed by atoms with Crippen LogP contribution < -0.4 is 5.32 Å². The third-order valence-electron chi connectivity index (χ3n) is 4.53. The topological polar surface area (TPSA) is 35.8 Å². The smallest absolute Gasteiger partial charge is 0.140 e. The van der Waals surface area contributed by atoms with Crippen LogP contribution >= 0.6 is 0 Å². The summed E-state index contributed by atoms with van der Waals surface area (Å²) in [4.78, 5) is 0. The Balaban J connectivity index is 1.58. The van der Waals surface area contributed by atoms with Crippen LogP contribution in [0, 0.1) is 17.1 Å². The molecule has 0 bridgehead atoms. The van der Waals surface area contributed by atoms with Crippen molar-refractivity contribution >= 4 is 10.8 Å². The highest BCUT2D eigenvalue weighted by molar-refractivity contribution is 5.86. The second-order valence-corrected chi connectivity index (χ2v) is 6.27. The van der Waals surface area contributed by atoms with E-state index < -0.39 is 5.82 Å². The largest absolute Gasteiger partial charge is 0.310 e. The Kier molecular flexibility index (Phi) is 5.42. The molecular weight excluding hydrogens is 311 g/mol. The average Bonchev–Trinajstić information content (AvgIpc) is 2.65. The van der Waals surface area contributed by atoms with E-state index in [0.29, 0.717) is 0 Å². The SMILES string of the molecule is CC(NCCCc1ccc(F)c(C#N)c1)c1cccc2ccccc12. The molecule has 2 nitrogen and oxygen atoms in total. The van der Waals surface area contributed by atoms with Gasteiger partial charge in [0.15, 0.2) is 0 Å². The third kappa shape index (κ3) is 4.04. The van der Waals surface area contributed by atoms with Crippen molar-refractivity contribution in [2.45, 2.75) is 25.8 Å². The van der Waals surface area contributed by atoms with E-state index in [1.807, 2.05) is 6.07 Å². The van der Waals surface area contributed by atoms with Gasteiger partial charge in [-0.25, -0.2) is 4.39 Å². The van der Waals surface area contributed by atoms with Crippen molar-refractivity contribution in [3.05, 3.63) is 83.2 Å². The van der Waals surface area contributed by atoms with E-state index >= 15 is 0 Å². The highest BCUT2D eigenvalue weighted by atomic mass is 19.1. The molecule has 1 unspecified atom stereocenters. The van der Waals surface area contributed by atoms with Gasteiger partial charge in [-0.2, -0.15) is 5.26 Å². The van der Waals surface area contributed by atoms with Crippen LogP contribution in [0.3, 0.4) is 0 Å². The highest BCUT2D eigenvalue weighted by Gasteiger charge is 2.08. The van der Waals surface area contributed by atoms with Crippen LogP contribution in [-0.4, -0.2) is 6.54 Å². The number of nitriles is 1. The zero-order valence-corrected chi connectivity index (χ0v) is 14.3. The molecule has 0 aliphatic heterocycles. The van der Waals surface area contributed by atoms with Gasteiger partial charge in [0.25, 0.3) is 0 Å². The minimum Gasteiger partial charge on any atom is -0.310 e. The summed E-state index contributed by atoms with van der Waals surface area (Å²) in [6.07, 6.45) is 1.76. The zero-order chi connectivity index (χ0) is 17.6. The molecule has 0 aliphatic carbocycles. The van der Waals surface area contributed by atoms with Crippen LogP contribution in [0.2, 0.25) is 0 Å². The molecule has 0 aliphatic rings. The van der Waals surface area contributed by atoms with Crippen LogP contribution in [-0.2, 0) is 6.42 Å². The number of hydrogen-bond acceptors (Lipinski definition) is 2. The molecule has 0 amide bonds. The summed E-state index contributed by atoms with van der Waals surface area (Å²) in [5, 5.41) is 15.0. The standard InChI is InChI=1S/C22H21FN2/c1-16(20-10-4-8-18-7-2-3-9-21(18)20)25-13-5-6-17-11-12-22(23)19(14-17)15-24/h2-4,7-12,14,16,25H,5-6,13H2,1H3. The average molecular weight is 332 g/mol. The second-order valence-electron chi connectivity index (χ2n) is 6.27. The molecule has 0 fully saturated rings. The van der Waals surface area contributed by atoms with Crippen molar-refractivity contribution in [1.29, 1.82) is 5.26 Å². The first-order valence-electron chi connectivity index (χ1n) is 8.58. The molecule has 0 heterocycles. The second kappa shape index (κ2) is 7.92. The number of fused-ring (bicyclic) bond motifs is 1. The quantitative estimate of drug-likeness (QED) is 0.635. The van der Waals surface area contributed by atoms with Crippen LogP contribution in [0.15, 0.2) is 60.7 Å². The molecule has 3 aromatic carbocycles. The molecule has 0 aromatic heterocycles. The molecule has 126 valence electrons. The summed E-state index contributed by atoms with van der Waals surface area (Å²) in [5.41, 5.74) is 2.42. The molecule has 25 heavy (non-hydrogen) atoms. The Labute approximate surface area is 147 Å². The first-order valence-corrected chi connectivity index (χ1v) is 8.58. The molecule has 0 spiro atoms. The lowest BCUT2D eigenvalue weighted by atomic mass is 9.99. The summed E-state index contributed by atoms with van der Waals surface area (Å²) in [6.45, 7) is 3.04. The van der Waals surface area contributed by atoms with Gasteiger partial charge in [0, 0.05) is 6.04 Å². The first-order chi connectivity index (χ1) is 12.2. The molecule has 3 aromatic rings. The van der Waals surface area contributed by atoms with Gasteiger partial charge in [-0.15, -0.1) is 0 Å². The maximum absolute atomic E-state index is 13.3. The molecule has 0 saturated heterocycles. The minimum atomic E-state index is -0.450. The number of benzene rings is 3. The lowest BCUT2D eigenvalue weighted by molar-refractivity contribution is 0.560. The summed E-state index contributed by atoms with van der Waals surface area (Å²) in [6, 6.07) is 21.7. The van der Waals surface area contributed by atoms with Crippen LogP contribution in [0.25, 0.3) is 10.8 Å².